The van der Waals surface area contributed by atoms with Crippen LogP contribution in [-0.2, 0) is 0 Å². The third-order valence-electron chi connectivity index (χ3n) is 1.33. The van der Waals surface area contributed by atoms with Gasteiger partial charge in [-0.3, -0.25) is 0 Å². The molecule has 4 nitrogen and oxygen atoms in total. The predicted molar refractivity (Wildman–Crippen MR) is 57.8 cm³/mol. The molecule has 2 rings (SSSR count). The van der Waals surface area contributed by atoms with Crippen LogP contribution in [0.2, 0.25) is 0 Å². The molecule has 0 aliphatic carbocycles. The Balaban J connectivity index is -0.000000250. The van der Waals surface area contributed by atoms with Crippen LogP contribution in [0.25, 0.3) is 11.0 Å². The van der Waals surface area contributed by atoms with Crippen molar-refractivity contribution in [3.63, 3.8) is 0 Å². The van der Waals surface area contributed by atoms with Gasteiger partial charge in [0.25, 0.3) is 0 Å². The molecule has 76 valence electrons. The van der Waals surface area contributed by atoms with Gasteiger partial charge in [0.1, 0.15) is 0 Å². The van der Waals surface area contributed by atoms with Crippen LogP contribution in [0.5, 0.6) is 0 Å². The summed E-state index contributed by atoms with van der Waals surface area (Å²) in [6.45, 7) is 0. The highest BCUT2D eigenvalue weighted by molar-refractivity contribution is 5.85. The van der Waals surface area contributed by atoms with Crippen LogP contribution in [0.1, 0.15) is 0 Å². The standard InChI is InChI=1S/C7H6N2.2ClH.2H2O/c1-2-4-7-6(3-1)8-5-9-7;;;;/h1-5H,(H,8,9);2*1H;2*1H2. The molecular formula is C7H12Cl2N2O2. The molecular weight excluding hydrogens is 215 g/mol. The van der Waals surface area contributed by atoms with E-state index < -0.39 is 0 Å². The van der Waals surface area contributed by atoms with E-state index in [4.69, 9.17) is 0 Å². The molecule has 0 aliphatic heterocycles. The highest BCUT2D eigenvalue weighted by atomic mass is 35.5. The fraction of sp³-hybridized carbons (Fsp3) is 0. The Morgan fingerprint density at radius 3 is 2.23 bits per heavy atom. The molecule has 0 atom stereocenters. The highest BCUT2D eigenvalue weighted by Crippen LogP contribution is 2.05. The first-order valence-electron chi connectivity index (χ1n) is 2.85. The lowest BCUT2D eigenvalue weighted by Gasteiger charge is -1.81. The quantitative estimate of drug-likeness (QED) is 0.706. The van der Waals surface area contributed by atoms with Crippen LogP contribution in [0.4, 0.5) is 0 Å². The number of H-pyrrole nitrogens is 1. The summed E-state index contributed by atoms with van der Waals surface area (Å²) in [5.41, 5.74) is 2.12. The van der Waals surface area contributed by atoms with E-state index in [2.05, 4.69) is 9.97 Å². The van der Waals surface area contributed by atoms with Crippen LogP contribution in [0.15, 0.2) is 30.6 Å². The van der Waals surface area contributed by atoms with Crippen molar-refractivity contribution in [2.24, 2.45) is 0 Å². The van der Waals surface area contributed by atoms with Gasteiger partial charge in [-0.15, -0.1) is 24.8 Å². The first-order chi connectivity index (χ1) is 4.47. The first-order valence-corrected chi connectivity index (χ1v) is 2.85. The van der Waals surface area contributed by atoms with Gasteiger partial charge in [-0.2, -0.15) is 0 Å². The number of benzene rings is 1. The third-order valence-corrected chi connectivity index (χ3v) is 1.33. The Bertz CT molecular complexity index is 296. The Morgan fingerprint density at radius 2 is 1.62 bits per heavy atom. The molecule has 1 aromatic heterocycles. The number of nitrogens with zero attached hydrogens (tertiary/aromatic N) is 1. The second-order valence-electron chi connectivity index (χ2n) is 1.92. The van der Waals surface area contributed by atoms with E-state index in [1.54, 1.807) is 6.33 Å². The zero-order chi connectivity index (χ0) is 6.10. The fourth-order valence-corrected chi connectivity index (χ4v) is 0.880. The molecule has 0 spiro atoms. The SMILES string of the molecule is Cl.Cl.O.O.c1ccc2[nH]cnc2c1. The zero-order valence-corrected chi connectivity index (χ0v) is 8.28. The van der Waals surface area contributed by atoms with Gasteiger partial charge in [-0.25, -0.2) is 4.98 Å². The van der Waals surface area contributed by atoms with Crippen molar-refractivity contribution in [3.05, 3.63) is 30.6 Å². The van der Waals surface area contributed by atoms with E-state index >= 15 is 0 Å². The van der Waals surface area contributed by atoms with Crippen molar-refractivity contribution in [3.8, 4) is 0 Å². The van der Waals surface area contributed by atoms with Crippen molar-refractivity contribution in [1.29, 1.82) is 0 Å². The molecule has 0 bridgehead atoms. The van der Waals surface area contributed by atoms with E-state index in [0.717, 1.165) is 11.0 Å². The molecule has 13 heavy (non-hydrogen) atoms. The maximum Gasteiger partial charge on any atom is 0.0931 e. The molecule has 0 unspecified atom stereocenters. The summed E-state index contributed by atoms with van der Waals surface area (Å²) in [6.07, 6.45) is 1.70. The van der Waals surface area contributed by atoms with Gasteiger partial charge in [0.15, 0.2) is 0 Å². The predicted octanol–water partition coefficient (Wildman–Crippen LogP) is 0.757. The van der Waals surface area contributed by atoms with Crippen LogP contribution >= 0.6 is 24.8 Å². The van der Waals surface area contributed by atoms with Crippen molar-refractivity contribution >= 4 is 35.8 Å². The molecule has 1 heterocycles. The van der Waals surface area contributed by atoms with E-state index in [9.17, 15) is 0 Å². The lowest BCUT2D eigenvalue weighted by molar-refractivity contribution is 0.823. The lowest BCUT2D eigenvalue weighted by atomic mass is 10.3. The second kappa shape index (κ2) is 7.82. The monoisotopic (exact) mass is 226 g/mol. The number of halogens is 2. The van der Waals surface area contributed by atoms with Crippen molar-refractivity contribution < 1.29 is 11.0 Å². The number of hydrogen-bond donors (Lipinski definition) is 1. The Kier molecular flexibility index (Phi) is 10.9. The highest BCUT2D eigenvalue weighted by Gasteiger charge is 1.88. The van der Waals surface area contributed by atoms with Crippen LogP contribution in [0, 0.1) is 0 Å². The number of nitrogens with one attached hydrogen (secondary N) is 1. The molecule has 0 saturated carbocycles. The summed E-state index contributed by atoms with van der Waals surface area (Å²) in [5.74, 6) is 0. The van der Waals surface area contributed by atoms with Gasteiger partial charge in [-0.1, -0.05) is 12.1 Å². The molecule has 5 N–H and O–H groups in total. The van der Waals surface area contributed by atoms with Gasteiger partial charge in [-0.05, 0) is 12.1 Å². The number of para-hydroxylation sites is 2. The summed E-state index contributed by atoms with van der Waals surface area (Å²) in [5, 5.41) is 0. The van der Waals surface area contributed by atoms with E-state index in [1.807, 2.05) is 24.3 Å². The lowest BCUT2D eigenvalue weighted by Crippen LogP contribution is -1.63. The van der Waals surface area contributed by atoms with Crippen LogP contribution in [-0.4, -0.2) is 20.9 Å². The molecule has 0 radical (unpaired) electrons. The molecule has 0 saturated heterocycles. The van der Waals surface area contributed by atoms with Crippen molar-refractivity contribution in [1.82, 2.24) is 9.97 Å². The largest absolute Gasteiger partial charge is 0.412 e. The summed E-state index contributed by atoms with van der Waals surface area (Å²) < 4.78 is 0. The molecule has 6 heteroatoms. The number of rotatable bonds is 0. The minimum Gasteiger partial charge on any atom is -0.412 e. The van der Waals surface area contributed by atoms with Gasteiger partial charge >= 0.3 is 0 Å². The molecule has 0 fully saturated rings. The third kappa shape index (κ3) is 3.61. The number of hydrogen-bond acceptors (Lipinski definition) is 1. The van der Waals surface area contributed by atoms with E-state index in [0.29, 0.717) is 0 Å². The number of aromatic amines is 1. The summed E-state index contributed by atoms with van der Waals surface area (Å²) in [6, 6.07) is 7.94. The summed E-state index contributed by atoms with van der Waals surface area (Å²) in [4.78, 5) is 7.07. The second-order valence-corrected chi connectivity index (χ2v) is 1.92. The Morgan fingerprint density at radius 1 is 1.00 bits per heavy atom. The summed E-state index contributed by atoms with van der Waals surface area (Å²) in [7, 11) is 0. The molecule has 2 aromatic rings. The van der Waals surface area contributed by atoms with Gasteiger partial charge in [0.2, 0.25) is 0 Å². The fourth-order valence-electron chi connectivity index (χ4n) is 0.880. The minimum absolute atomic E-state index is 0. The Hall–Kier alpha value is -0.810. The van der Waals surface area contributed by atoms with Crippen molar-refractivity contribution in [2.45, 2.75) is 0 Å². The maximum atomic E-state index is 4.06. The number of aromatic nitrogens is 2. The van der Waals surface area contributed by atoms with Gasteiger partial charge < -0.3 is 15.9 Å². The molecule has 1 aromatic carbocycles. The normalized spacial score (nSPS) is 7.08. The van der Waals surface area contributed by atoms with E-state index in [1.165, 1.54) is 0 Å². The van der Waals surface area contributed by atoms with Gasteiger partial charge in [0.05, 0.1) is 17.4 Å². The van der Waals surface area contributed by atoms with Crippen molar-refractivity contribution in [2.75, 3.05) is 0 Å². The smallest absolute Gasteiger partial charge is 0.0931 e. The van der Waals surface area contributed by atoms with Gasteiger partial charge in [0, 0.05) is 0 Å². The van der Waals surface area contributed by atoms with Crippen LogP contribution < -0.4 is 0 Å². The first kappa shape index (κ1) is 18.1. The van der Waals surface area contributed by atoms with Crippen LogP contribution in [0.3, 0.4) is 0 Å². The average Bonchev–Trinajstić information content (AvgIpc) is 2.33. The molecule has 0 amide bonds. The number of fused-ring (bicyclic) bond motifs is 1. The molecule has 0 aliphatic rings. The van der Waals surface area contributed by atoms with E-state index in [-0.39, 0.29) is 35.8 Å². The maximum absolute atomic E-state index is 4.06. The topological polar surface area (TPSA) is 91.7 Å². The Labute approximate surface area is 87.8 Å². The zero-order valence-electron chi connectivity index (χ0n) is 6.65. The number of imidazole rings is 1. The minimum atomic E-state index is 0. The average molecular weight is 227 g/mol. The summed E-state index contributed by atoms with van der Waals surface area (Å²) >= 11 is 0.